The summed E-state index contributed by atoms with van der Waals surface area (Å²) in [7, 11) is -0.727. The Bertz CT molecular complexity index is 571. The molecule has 5 heteroatoms. The van der Waals surface area contributed by atoms with E-state index in [2.05, 4.69) is 15.3 Å². The molecule has 96 valence electrons. The summed E-state index contributed by atoms with van der Waals surface area (Å²) in [6.45, 7) is 2.72. The predicted octanol–water partition coefficient (Wildman–Crippen LogP) is 2.12. The average Bonchev–Trinajstić information content (AvgIpc) is 2.34. The van der Waals surface area contributed by atoms with Crippen molar-refractivity contribution in [2.24, 2.45) is 0 Å². The monoisotopic (exact) mass is 263 g/mol. The van der Waals surface area contributed by atoms with E-state index < -0.39 is 10.8 Å². The van der Waals surface area contributed by atoms with E-state index in [1.807, 2.05) is 31.2 Å². The first-order valence-corrected chi connectivity index (χ1v) is 7.67. The zero-order valence-corrected chi connectivity index (χ0v) is 11.5. The zero-order valence-electron chi connectivity index (χ0n) is 10.6. The van der Waals surface area contributed by atoms with Crippen molar-refractivity contribution in [3.63, 3.8) is 0 Å². The highest BCUT2D eigenvalue weighted by Gasteiger charge is 2.03. The quantitative estimate of drug-likeness (QED) is 0.840. The van der Waals surface area contributed by atoms with Gasteiger partial charge in [0.2, 0.25) is 0 Å². The minimum atomic E-state index is -0.727. The van der Waals surface area contributed by atoms with Crippen molar-refractivity contribution in [3.05, 3.63) is 30.0 Å². The zero-order chi connectivity index (χ0) is 13.0. The third-order valence-electron chi connectivity index (χ3n) is 2.65. The third kappa shape index (κ3) is 3.26. The molecule has 0 saturated carbocycles. The van der Waals surface area contributed by atoms with Gasteiger partial charge in [0.05, 0.1) is 16.7 Å². The van der Waals surface area contributed by atoms with Crippen molar-refractivity contribution in [1.29, 1.82) is 0 Å². The van der Waals surface area contributed by atoms with Crippen LogP contribution in [0.25, 0.3) is 11.0 Å². The molecular weight excluding hydrogens is 246 g/mol. The molecule has 0 fully saturated rings. The van der Waals surface area contributed by atoms with Gasteiger partial charge in [-0.05, 0) is 25.5 Å². The maximum absolute atomic E-state index is 11.0. The Morgan fingerprint density at radius 2 is 1.89 bits per heavy atom. The number of hydrogen-bond acceptors (Lipinski definition) is 4. The summed E-state index contributed by atoms with van der Waals surface area (Å²) in [5.74, 6) is 1.53. The van der Waals surface area contributed by atoms with Gasteiger partial charge in [0.25, 0.3) is 0 Å². The smallest absolute Gasteiger partial charge is 0.148 e. The first kappa shape index (κ1) is 13.0. The molecule has 0 aliphatic heterocycles. The SMILES string of the molecule is Cc1nc2ccccc2nc1NCCCS(C)=O. The van der Waals surface area contributed by atoms with Gasteiger partial charge >= 0.3 is 0 Å². The van der Waals surface area contributed by atoms with Crippen LogP contribution in [-0.2, 0) is 10.8 Å². The van der Waals surface area contributed by atoms with Gasteiger partial charge in [0.15, 0.2) is 0 Å². The molecular formula is C13H17N3OS. The molecule has 0 radical (unpaired) electrons. The van der Waals surface area contributed by atoms with Gasteiger partial charge in [-0.15, -0.1) is 0 Å². The van der Waals surface area contributed by atoms with E-state index in [4.69, 9.17) is 0 Å². The van der Waals surface area contributed by atoms with E-state index in [9.17, 15) is 4.21 Å². The van der Waals surface area contributed by atoms with Crippen LogP contribution in [0.2, 0.25) is 0 Å². The molecule has 0 spiro atoms. The average molecular weight is 263 g/mol. The summed E-state index contributed by atoms with van der Waals surface area (Å²) >= 11 is 0. The minimum absolute atomic E-state index is 0.715. The molecule has 2 aromatic rings. The lowest BCUT2D eigenvalue weighted by Gasteiger charge is -2.08. The number of aryl methyl sites for hydroxylation is 1. The maximum atomic E-state index is 11.0. The fraction of sp³-hybridized carbons (Fsp3) is 0.385. The molecule has 18 heavy (non-hydrogen) atoms. The second-order valence-electron chi connectivity index (χ2n) is 4.20. The first-order valence-electron chi connectivity index (χ1n) is 5.94. The van der Waals surface area contributed by atoms with Gasteiger partial charge in [0.1, 0.15) is 5.82 Å². The molecule has 0 saturated heterocycles. The number of nitrogens with one attached hydrogen (secondary N) is 1. The number of benzene rings is 1. The Labute approximate surface area is 109 Å². The van der Waals surface area contributed by atoms with E-state index >= 15 is 0 Å². The fourth-order valence-electron chi connectivity index (χ4n) is 1.74. The Morgan fingerprint density at radius 3 is 2.56 bits per heavy atom. The molecule has 1 unspecified atom stereocenters. The van der Waals surface area contributed by atoms with E-state index in [0.29, 0.717) is 5.75 Å². The van der Waals surface area contributed by atoms with Gasteiger partial charge in [-0.2, -0.15) is 0 Å². The summed E-state index contributed by atoms with van der Waals surface area (Å²) in [6.07, 6.45) is 2.60. The number of hydrogen-bond donors (Lipinski definition) is 1. The van der Waals surface area contributed by atoms with Crippen molar-refractivity contribution < 1.29 is 4.21 Å². The number of fused-ring (bicyclic) bond motifs is 1. The maximum Gasteiger partial charge on any atom is 0.148 e. The predicted molar refractivity (Wildman–Crippen MR) is 76.3 cm³/mol. The highest BCUT2D eigenvalue weighted by atomic mass is 32.2. The van der Waals surface area contributed by atoms with Crippen molar-refractivity contribution in [2.45, 2.75) is 13.3 Å². The van der Waals surface area contributed by atoms with Crippen molar-refractivity contribution in [1.82, 2.24) is 9.97 Å². The molecule has 4 nitrogen and oxygen atoms in total. The van der Waals surface area contributed by atoms with Crippen molar-refractivity contribution in [2.75, 3.05) is 23.9 Å². The van der Waals surface area contributed by atoms with Crippen LogP contribution in [0.1, 0.15) is 12.1 Å². The lowest BCUT2D eigenvalue weighted by molar-refractivity contribution is 0.685. The van der Waals surface area contributed by atoms with Crippen LogP contribution < -0.4 is 5.32 Å². The van der Waals surface area contributed by atoms with Crippen molar-refractivity contribution >= 4 is 27.7 Å². The summed E-state index contributed by atoms with van der Waals surface area (Å²) in [4.78, 5) is 9.05. The highest BCUT2D eigenvalue weighted by molar-refractivity contribution is 7.84. The molecule has 1 heterocycles. The Kier molecular flexibility index (Phi) is 4.25. The summed E-state index contributed by atoms with van der Waals surface area (Å²) < 4.78 is 11.0. The number of rotatable bonds is 5. The molecule has 0 aliphatic rings. The van der Waals surface area contributed by atoms with Gasteiger partial charge in [0, 0.05) is 29.4 Å². The van der Waals surface area contributed by atoms with Crippen LogP contribution in [0.15, 0.2) is 24.3 Å². The second-order valence-corrected chi connectivity index (χ2v) is 5.76. The second kappa shape index (κ2) is 5.91. The molecule has 1 aromatic heterocycles. The van der Waals surface area contributed by atoms with Crippen LogP contribution in [0, 0.1) is 6.92 Å². The van der Waals surface area contributed by atoms with Crippen LogP contribution in [0.5, 0.6) is 0 Å². The minimum Gasteiger partial charge on any atom is -0.369 e. The number of nitrogens with zero attached hydrogens (tertiary/aromatic N) is 2. The first-order chi connectivity index (χ1) is 8.66. The highest BCUT2D eigenvalue weighted by Crippen LogP contribution is 2.15. The van der Waals surface area contributed by atoms with E-state index in [1.54, 1.807) is 6.26 Å². The third-order valence-corrected chi connectivity index (χ3v) is 3.51. The normalized spacial score (nSPS) is 12.6. The molecule has 1 aromatic carbocycles. The van der Waals surface area contributed by atoms with Crippen LogP contribution in [0.4, 0.5) is 5.82 Å². The Balaban J connectivity index is 2.08. The summed E-state index contributed by atoms with van der Waals surface area (Å²) in [5.41, 5.74) is 2.70. The van der Waals surface area contributed by atoms with Gasteiger partial charge in [-0.3, -0.25) is 4.21 Å². The Hall–Kier alpha value is -1.49. The lowest BCUT2D eigenvalue weighted by Crippen LogP contribution is -2.09. The lowest BCUT2D eigenvalue weighted by atomic mass is 10.3. The molecule has 1 atom stereocenters. The molecule has 1 N–H and O–H groups in total. The van der Waals surface area contributed by atoms with E-state index in [-0.39, 0.29) is 0 Å². The van der Waals surface area contributed by atoms with E-state index in [1.165, 1.54) is 0 Å². The molecule has 0 bridgehead atoms. The largest absolute Gasteiger partial charge is 0.369 e. The standard InChI is InChI=1S/C13H17N3OS/c1-10-13(14-8-5-9-18(2)17)16-12-7-4-3-6-11(12)15-10/h3-4,6-7H,5,8-9H2,1-2H3,(H,14,16). The number of aromatic nitrogens is 2. The number of para-hydroxylation sites is 2. The molecule has 0 aliphatic carbocycles. The van der Waals surface area contributed by atoms with E-state index in [0.717, 1.165) is 35.5 Å². The van der Waals surface area contributed by atoms with Crippen LogP contribution >= 0.6 is 0 Å². The topological polar surface area (TPSA) is 54.9 Å². The fourth-order valence-corrected chi connectivity index (χ4v) is 2.29. The molecule has 2 rings (SSSR count). The van der Waals surface area contributed by atoms with Crippen molar-refractivity contribution in [3.8, 4) is 0 Å². The molecule has 0 amide bonds. The van der Waals surface area contributed by atoms with Gasteiger partial charge < -0.3 is 5.32 Å². The summed E-state index contributed by atoms with van der Waals surface area (Å²) in [6, 6.07) is 7.82. The van der Waals surface area contributed by atoms with Gasteiger partial charge in [-0.1, -0.05) is 12.1 Å². The Morgan fingerprint density at radius 1 is 1.22 bits per heavy atom. The van der Waals surface area contributed by atoms with Crippen LogP contribution in [-0.4, -0.2) is 32.7 Å². The van der Waals surface area contributed by atoms with Crippen LogP contribution in [0.3, 0.4) is 0 Å². The van der Waals surface area contributed by atoms with Gasteiger partial charge in [-0.25, -0.2) is 9.97 Å². The summed E-state index contributed by atoms with van der Waals surface area (Å²) in [5, 5.41) is 3.25. The number of anilines is 1.